The van der Waals surface area contributed by atoms with E-state index in [1.165, 1.54) is 0 Å². The van der Waals surface area contributed by atoms with Gasteiger partial charge in [-0.05, 0) is 42.2 Å². The molecule has 2 aromatic rings. The van der Waals surface area contributed by atoms with E-state index in [1.807, 2.05) is 55.5 Å². The van der Waals surface area contributed by atoms with Gasteiger partial charge >= 0.3 is 0 Å². The Balaban J connectivity index is 1.98. The van der Waals surface area contributed by atoms with E-state index in [0.717, 1.165) is 54.6 Å². The molecular formula is C22H31N3O3. The molecule has 0 aliphatic rings. The van der Waals surface area contributed by atoms with Crippen LogP contribution in [0.4, 0.5) is 0 Å². The highest BCUT2D eigenvalue weighted by atomic mass is 16.5. The molecule has 0 saturated heterocycles. The van der Waals surface area contributed by atoms with E-state index in [-0.39, 0.29) is 6.61 Å². The minimum absolute atomic E-state index is 0.0258. The summed E-state index contributed by atoms with van der Waals surface area (Å²) in [5.74, 6) is 1.57. The van der Waals surface area contributed by atoms with Crippen LogP contribution in [0.5, 0.6) is 5.75 Å². The summed E-state index contributed by atoms with van der Waals surface area (Å²) in [6.45, 7) is 5.41. The van der Waals surface area contributed by atoms with Crippen LogP contribution < -0.4 is 15.4 Å². The van der Waals surface area contributed by atoms with Gasteiger partial charge in [-0.15, -0.1) is 0 Å². The number of hydrogen-bond donors (Lipinski definition) is 3. The van der Waals surface area contributed by atoms with Crippen LogP contribution in [-0.4, -0.2) is 37.9 Å². The number of aliphatic hydroxyl groups is 1. The number of methoxy groups -OCH3 is 1. The second-order valence-electron chi connectivity index (χ2n) is 6.27. The van der Waals surface area contributed by atoms with Crippen LogP contribution in [0.2, 0.25) is 0 Å². The molecule has 2 rings (SSSR count). The number of aliphatic hydroxyl groups excluding tert-OH is 1. The number of ether oxygens (including phenoxy) is 2. The molecule has 0 aliphatic carbocycles. The minimum atomic E-state index is 0.0258. The van der Waals surface area contributed by atoms with Crippen molar-refractivity contribution in [2.75, 3.05) is 26.9 Å². The number of nitrogens with one attached hydrogen (secondary N) is 2. The van der Waals surface area contributed by atoms with E-state index in [2.05, 4.69) is 15.6 Å². The predicted octanol–water partition coefficient (Wildman–Crippen LogP) is 2.85. The zero-order valence-corrected chi connectivity index (χ0v) is 16.8. The van der Waals surface area contributed by atoms with E-state index >= 15 is 0 Å². The quantitative estimate of drug-likeness (QED) is 0.315. The Morgan fingerprint density at radius 2 is 1.79 bits per heavy atom. The lowest BCUT2D eigenvalue weighted by Gasteiger charge is -2.14. The highest BCUT2D eigenvalue weighted by molar-refractivity contribution is 5.79. The van der Waals surface area contributed by atoms with Crippen molar-refractivity contribution in [1.82, 2.24) is 10.6 Å². The van der Waals surface area contributed by atoms with E-state index in [1.54, 1.807) is 7.11 Å². The molecular weight excluding hydrogens is 354 g/mol. The maximum Gasteiger partial charge on any atom is 0.191 e. The summed E-state index contributed by atoms with van der Waals surface area (Å²) in [6, 6.07) is 15.7. The first-order valence-electron chi connectivity index (χ1n) is 9.67. The van der Waals surface area contributed by atoms with Crippen LogP contribution in [0.15, 0.2) is 53.5 Å². The van der Waals surface area contributed by atoms with Crippen molar-refractivity contribution in [2.24, 2.45) is 4.99 Å². The standard InChI is InChI=1S/C22H31N3O3/c1-3-28-14-6-13-23-22(24-15-18-9-11-21(27-2)12-10-18)25-16-19-7-4-5-8-20(19)17-26/h4-5,7-12,26H,3,6,13-17H2,1-2H3,(H2,23,24,25). The molecule has 3 N–H and O–H groups in total. The zero-order chi connectivity index (χ0) is 20.0. The number of aliphatic imine (C=N–C) groups is 1. The van der Waals surface area contributed by atoms with Crippen molar-refractivity contribution in [3.63, 3.8) is 0 Å². The first-order chi connectivity index (χ1) is 13.8. The first-order valence-corrected chi connectivity index (χ1v) is 9.67. The van der Waals surface area contributed by atoms with Crippen molar-refractivity contribution in [3.05, 3.63) is 65.2 Å². The lowest BCUT2D eigenvalue weighted by molar-refractivity contribution is 0.145. The molecule has 0 fully saturated rings. The molecule has 0 spiro atoms. The highest BCUT2D eigenvalue weighted by Gasteiger charge is 2.04. The average Bonchev–Trinajstić information content (AvgIpc) is 2.75. The topological polar surface area (TPSA) is 75.1 Å². The monoisotopic (exact) mass is 385 g/mol. The summed E-state index contributed by atoms with van der Waals surface area (Å²) in [4.78, 5) is 4.69. The molecule has 0 aromatic heterocycles. The van der Waals surface area contributed by atoms with E-state index in [4.69, 9.17) is 9.47 Å². The van der Waals surface area contributed by atoms with Crippen LogP contribution in [0.25, 0.3) is 0 Å². The lowest BCUT2D eigenvalue weighted by atomic mass is 10.1. The largest absolute Gasteiger partial charge is 0.497 e. The zero-order valence-electron chi connectivity index (χ0n) is 16.8. The Morgan fingerprint density at radius 1 is 1.04 bits per heavy atom. The normalized spacial score (nSPS) is 11.3. The Bertz CT molecular complexity index is 717. The Kier molecular flexibility index (Phi) is 9.89. The summed E-state index contributed by atoms with van der Waals surface area (Å²) < 4.78 is 10.6. The van der Waals surface area contributed by atoms with Crippen LogP contribution in [-0.2, 0) is 24.4 Å². The smallest absolute Gasteiger partial charge is 0.191 e. The van der Waals surface area contributed by atoms with Crippen molar-refractivity contribution >= 4 is 5.96 Å². The van der Waals surface area contributed by atoms with Gasteiger partial charge in [0.1, 0.15) is 5.75 Å². The van der Waals surface area contributed by atoms with Gasteiger partial charge < -0.3 is 25.2 Å². The maximum atomic E-state index is 9.50. The fourth-order valence-corrected chi connectivity index (χ4v) is 2.66. The molecule has 152 valence electrons. The molecule has 6 heteroatoms. The summed E-state index contributed by atoms with van der Waals surface area (Å²) in [5, 5.41) is 16.2. The Hall–Kier alpha value is -2.57. The van der Waals surface area contributed by atoms with Crippen LogP contribution in [0, 0.1) is 0 Å². The number of nitrogens with zero attached hydrogens (tertiary/aromatic N) is 1. The highest BCUT2D eigenvalue weighted by Crippen LogP contribution is 2.12. The van der Waals surface area contributed by atoms with Crippen LogP contribution in [0.3, 0.4) is 0 Å². The van der Waals surface area contributed by atoms with Crippen molar-refractivity contribution in [2.45, 2.75) is 33.0 Å². The third-order valence-electron chi connectivity index (χ3n) is 4.28. The number of benzene rings is 2. The van der Waals surface area contributed by atoms with Gasteiger partial charge in [0, 0.05) is 26.3 Å². The van der Waals surface area contributed by atoms with Gasteiger partial charge in [0.25, 0.3) is 0 Å². The third kappa shape index (κ3) is 7.58. The molecule has 0 radical (unpaired) electrons. The molecule has 0 atom stereocenters. The van der Waals surface area contributed by atoms with E-state index in [0.29, 0.717) is 13.1 Å². The summed E-state index contributed by atoms with van der Waals surface area (Å²) in [7, 11) is 1.66. The molecule has 0 amide bonds. The summed E-state index contributed by atoms with van der Waals surface area (Å²) in [5.41, 5.74) is 3.08. The second-order valence-corrected chi connectivity index (χ2v) is 6.27. The molecule has 0 aliphatic heterocycles. The first kappa shape index (κ1) is 21.7. The van der Waals surface area contributed by atoms with Gasteiger partial charge in [0.05, 0.1) is 20.3 Å². The number of rotatable bonds is 11. The lowest BCUT2D eigenvalue weighted by Crippen LogP contribution is -2.38. The fraction of sp³-hybridized carbons (Fsp3) is 0.409. The van der Waals surface area contributed by atoms with Crippen LogP contribution in [0.1, 0.15) is 30.0 Å². The Labute approximate surface area is 167 Å². The molecule has 0 bridgehead atoms. The maximum absolute atomic E-state index is 9.50. The number of hydrogen-bond acceptors (Lipinski definition) is 4. The van der Waals surface area contributed by atoms with Gasteiger partial charge in [-0.1, -0.05) is 36.4 Å². The summed E-state index contributed by atoms with van der Waals surface area (Å²) >= 11 is 0. The van der Waals surface area contributed by atoms with E-state index in [9.17, 15) is 5.11 Å². The van der Waals surface area contributed by atoms with Crippen molar-refractivity contribution in [1.29, 1.82) is 0 Å². The van der Waals surface area contributed by atoms with Gasteiger partial charge in [-0.3, -0.25) is 0 Å². The Morgan fingerprint density at radius 3 is 2.46 bits per heavy atom. The molecule has 6 nitrogen and oxygen atoms in total. The molecule has 2 aromatic carbocycles. The van der Waals surface area contributed by atoms with Crippen LogP contribution >= 0.6 is 0 Å². The molecule has 0 heterocycles. The predicted molar refractivity (Wildman–Crippen MR) is 112 cm³/mol. The molecule has 0 unspecified atom stereocenters. The molecule has 0 saturated carbocycles. The van der Waals surface area contributed by atoms with Gasteiger partial charge in [-0.25, -0.2) is 4.99 Å². The van der Waals surface area contributed by atoms with Gasteiger partial charge in [-0.2, -0.15) is 0 Å². The third-order valence-corrected chi connectivity index (χ3v) is 4.28. The molecule has 28 heavy (non-hydrogen) atoms. The minimum Gasteiger partial charge on any atom is -0.497 e. The number of guanidine groups is 1. The SMILES string of the molecule is CCOCCCNC(=NCc1ccc(OC)cc1)NCc1ccccc1CO. The summed E-state index contributed by atoms with van der Waals surface area (Å²) in [6.07, 6.45) is 0.907. The van der Waals surface area contributed by atoms with Gasteiger partial charge in [0.2, 0.25) is 0 Å². The van der Waals surface area contributed by atoms with Gasteiger partial charge in [0.15, 0.2) is 5.96 Å². The second kappa shape index (κ2) is 12.8. The average molecular weight is 386 g/mol. The van der Waals surface area contributed by atoms with E-state index < -0.39 is 0 Å². The fourth-order valence-electron chi connectivity index (χ4n) is 2.66. The van der Waals surface area contributed by atoms with Crippen molar-refractivity contribution < 1.29 is 14.6 Å². The van der Waals surface area contributed by atoms with Crippen molar-refractivity contribution in [3.8, 4) is 5.75 Å².